The third-order valence-electron chi connectivity index (χ3n) is 3.41. The second-order valence-corrected chi connectivity index (χ2v) is 8.38. The van der Waals surface area contributed by atoms with Gasteiger partial charge in [-0.15, -0.1) is 22.0 Å². The Morgan fingerprint density at radius 2 is 1.80 bits per heavy atom. The monoisotopic (exact) mass is 289 g/mol. The van der Waals surface area contributed by atoms with Crippen LogP contribution in [0.2, 0.25) is 0 Å². The molecular weight excluding hydrogens is 270 g/mol. The third kappa shape index (κ3) is 2.47. The lowest BCUT2D eigenvalue weighted by Gasteiger charge is -2.22. The molecule has 1 aliphatic heterocycles. The van der Waals surface area contributed by atoms with E-state index in [4.69, 9.17) is 4.42 Å². The number of rotatable bonds is 2. The fourth-order valence-corrected chi connectivity index (χ4v) is 4.44. The van der Waals surface area contributed by atoms with Crippen molar-refractivity contribution in [1.82, 2.24) is 15.5 Å². The van der Waals surface area contributed by atoms with Crippen LogP contribution in [-0.2, 0) is 0 Å². The molecule has 1 N–H and O–H groups in total. The van der Waals surface area contributed by atoms with E-state index < -0.39 is 0 Å². The van der Waals surface area contributed by atoms with Gasteiger partial charge in [-0.25, -0.2) is 0 Å². The highest BCUT2D eigenvalue weighted by Crippen LogP contribution is 2.50. The summed E-state index contributed by atoms with van der Waals surface area (Å²) in [4.78, 5) is 0.00947. The summed E-state index contributed by atoms with van der Waals surface area (Å²) in [5.41, 5.74) is 0.953. The maximum Gasteiger partial charge on any atom is 0.247 e. The number of hydrogen-bond acceptors (Lipinski definition) is 5. The van der Waals surface area contributed by atoms with Crippen molar-refractivity contribution in [3.8, 4) is 11.5 Å². The van der Waals surface area contributed by atoms with Gasteiger partial charge in [-0.1, -0.05) is 18.2 Å². The maximum atomic E-state index is 5.88. The van der Waals surface area contributed by atoms with Gasteiger partial charge in [0.1, 0.15) is 6.04 Å². The number of aromatic nitrogens is 2. The van der Waals surface area contributed by atoms with Gasteiger partial charge in [0.2, 0.25) is 11.8 Å². The average Bonchev–Trinajstić information content (AvgIpc) is 2.92. The molecule has 0 bridgehead atoms. The molecule has 1 atom stereocenters. The Labute approximate surface area is 123 Å². The van der Waals surface area contributed by atoms with Crippen LogP contribution in [0.3, 0.4) is 0 Å². The molecule has 4 nitrogen and oxygen atoms in total. The van der Waals surface area contributed by atoms with E-state index >= 15 is 0 Å². The Bertz CT molecular complexity index is 607. The van der Waals surface area contributed by atoms with E-state index in [9.17, 15) is 0 Å². The van der Waals surface area contributed by atoms with Gasteiger partial charge >= 0.3 is 0 Å². The van der Waals surface area contributed by atoms with Crippen LogP contribution in [0, 0.1) is 0 Å². The highest BCUT2D eigenvalue weighted by Gasteiger charge is 2.48. The number of hydrogen-bond donors (Lipinski definition) is 1. The molecule has 1 unspecified atom stereocenters. The molecule has 2 aromatic rings. The first kappa shape index (κ1) is 13.6. The van der Waals surface area contributed by atoms with E-state index in [2.05, 4.69) is 43.2 Å². The highest BCUT2D eigenvalue weighted by atomic mass is 32.2. The lowest BCUT2D eigenvalue weighted by atomic mass is 10.0. The van der Waals surface area contributed by atoms with Crippen LogP contribution < -0.4 is 5.32 Å². The number of thioether (sulfide) groups is 1. The fraction of sp³-hybridized carbons (Fsp3) is 0.467. The van der Waals surface area contributed by atoms with E-state index in [0.29, 0.717) is 11.8 Å². The van der Waals surface area contributed by atoms with E-state index in [1.807, 2.05) is 42.1 Å². The molecule has 1 aromatic heterocycles. The Morgan fingerprint density at radius 1 is 1.10 bits per heavy atom. The fourth-order valence-electron chi connectivity index (χ4n) is 2.68. The van der Waals surface area contributed by atoms with Gasteiger partial charge in [0.05, 0.1) is 4.87 Å². The van der Waals surface area contributed by atoms with Crippen molar-refractivity contribution in [3.05, 3.63) is 36.2 Å². The van der Waals surface area contributed by atoms with Crippen LogP contribution in [0.5, 0.6) is 0 Å². The lowest BCUT2D eigenvalue weighted by Crippen LogP contribution is -2.34. The molecule has 1 saturated heterocycles. The van der Waals surface area contributed by atoms with Crippen LogP contribution in [0.1, 0.15) is 39.6 Å². The Balaban J connectivity index is 1.91. The van der Waals surface area contributed by atoms with Crippen LogP contribution in [-0.4, -0.2) is 19.8 Å². The summed E-state index contributed by atoms with van der Waals surface area (Å²) in [7, 11) is 0. The van der Waals surface area contributed by atoms with E-state index in [1.54, 1.807) is 0 Å². The average molecular weight is 289 g/mol. The molecule has 0 saturated carbocycles. The predicted molar refractivity (Wildman–Crippen MR) is 81.4 cm³/mol. The summed E-state index contributed by atoms with van der Waals surface area (Å²) in [6, 6.07) is 9.92. The third-order valence-corrected chi connectivity index (χ3v) is 4.80. The van der Waals surface area contributed by atoms with Crippen molar-refractivity contribution in [2.75, 3.05) is 0 Å². The molecule has 106 valence electrons. The molecule has 5 heteroatoms. The SMILES string of the molecule is CC1(C)NC(c2nnc(-c3ccccc3)o2)C(C)(C)S1. The molecule has 20 heavy (non-hydrogen) atoms. The zero-order valence-corrected chi connectivity index (χ0v) is 13.0. The standard InChI is InChI=1S/C15H19N3OS/c1-14(2)11(16-15(3,4)20-14)13-18-17-12(19-13)10-8-6-5-7-9-10/h5-9,11,16H,1-4H3. The first-order valence-corrected chi connectivity index (χ1v) is 7.56. The second kappa shape index (κ2) is 4.60. The molecule has 0 amide bonds. The molecule has 1 fully saturated rings. The maximum absolute atomic E-state index is 5.88. The largest absolute Gasteiger partial charge is 0.419 e. The van der Waals surface area contributed by atoms with Crippen molar-refractivity contribution in [3.63, 3.8) is 0 Å². The van der Waals surface area contributed by atoms with Gasteiger partial charge in [-0.3, -0.25) is 5.32 Å². The van der Waals surface area contributed by atoms with Crippen molar-refractivity contribution in [2.45, 2.75) is 43.4 Å². The van der Waals surface area contributed by atoms with E-state index in [-0.39, 0.29) is 15.7 Å². The van der Waals surface area contributed by atoms with Crippen molar-refractivity contribution >= 4 is 11.8 Å². The Hall–Kier alpha value is -1.33. The lowest BCUT2D eigenvalue weighted by molar-refractivity contribution is 0.352. The van der Waals surface area contributed by atoms with Crippen molar-refractivity contribution < 1.29 is 4.42 Å². The van der Waals surface area contributed by atoms with E-state index in [1.165, 1.54) is 0 Å². The van der Waals surface area contributed by atoms with Crippen LogP contribution in [0.15, 0.2) is 34.7 Å². The predicted octanol–water partition coefficient (Wildman–Crippen LogP) is 3.63. The quantitative estimate of drug-likeness (QED) is 0.915. The number of nitrogens with zero attached hydrogens (tertiary/aromatic N) is 2. The van der Waals surface area contributed by atoms with Crippen molar-refractivity contribution in [1.29, 1.82) is 0 Å². The minimum atomic E-state index is 0.00947. The zero-order chi connectivity index (χ0) is 14.4. The summed E-state index contributed by atoms with van der Waals surface area (Å²) in [6.45, 7) is 8.76. The minimum Gasteiger partial charge on any atom is -0.419 e. The Morgan fingerprint density at radius 3 is 2.40 bits per heavy atom. The normalized spacial score (nSPS) is 23.9. The summed E-state index contributed by atoms with van der Waals surface area (Å²) in [5, 5.41) is 12.0. The molecule has 2 heterocycles. The topological polar surface area (TPSA) is 51.0 Å². The summed E-state index contributed by atoms with van der Waals surface area (Å²) in [5.74, 6) is 1.24. The number of nitrogens with one attached hydrogen (secondary N) is 1. The molecule has 0 radical (unpaired) electrons. The minimum absolute atomic E-state index is 0.00947. The molecular formula is C15H19N3OS. The van der Waals surface area contributed by atoms with Crippen LogP contribution in [0.25, 0.3) is 11.5 Å². The van der Waals surface area contributed by atoms with Gasteiger partial charge in [0.15, 0.2) is 0 Å². The molecule has 1 aromatic carbocycles. The Kier molecular flexibility index (Phi) is 3.14. The molecule has 0 spiro atoms. The van der Waals surface area contributed by atoms with Gasteiger partial charge in [-0.05, 0) is 39.8 Å². The second-order valence-electron chi connectivity index (χ2n) is 6.10. The summed E-state index contributed by atoms with van der Waals surface area (Å²) in [6.07, 6.45) is 0. The molecule has 3 rings (SSSR count). The van der Waals surface area contributed by atoms with Crippen LogP contribution in [0.4, 0.5) is 0 Å². The summed E-state index contributed by atoms with van der Waals surface area (Å²) < 4.78 is 5.90. The zero-order valence-electron chi connectivity index (χ0n) is 12.2. The van der Waals surface area contributed by atoms with Gasteiger partial charge in [0, 0.05) is 10.3 Å². The smallest absolute Gasteiger partial charge is 0.247 e. The molecule has 0 aliphatic carbocycles. The highest BCUT2D eigenvalue weighted by molar-refractivity contribution is 8.02. The summed E-state index contributed by atoms with van der Waals surface area (Å²) >= 11 is 1.89. The van der Waals surface area contributed by atoms with Gasteiger partial charge in [-0.2, -0.15) is 0 Å². The van der Waals surface area contributed by atoms with Crippen LogP contribution >= 0.6 is 11.8 Å². The van der Waals surface area contributed by atoms with E-state index in [0.717, 1.165) is 5.56 Å². The first-order chi connectivity index (χ1) is 9.37. The van der Waals surface area contributed by atoms with Crippen molar-refractivity contribution in [2.24, 2.45) is 0 Å². The van der Waals surface area contributed by atoms with Gasteiger partial charge in [0.25, 0.3) is 0 Å². The van der Waals surface area contributed by atoms with Gasteiger partial charge < -0.3 is 4.42 Å². The number of benzene rings is 1. The molecule has 1 aliphatic rings. The first-order valence-electron chi connectivity index (χ1n) is 6.74.